The fraction of sp³-hybridized carbons (Fsp3) is 0.400. The van der Waals surface area contributed by atoms with E-state index in [-0.39, 0.29) is 17.1 Å². The molecular weight excluding hydrogens is 330 g/mol. The molecule has 3 rings (SSSR count). The van der Waals surface area contributed by atoms with Crippen LogP contribution in [0.3, 0.4) is 0 Å². The van der Waals surface area contributed by atoms with Crippen molar-refractivity contribution in [3.63, 3.8) is 0 Å². The standard InChI is InChI=1S/C25H31NO/c1-19(2)17-26-16-15-25(3,4)22(18-26)24(27)23(20-11-7-5-8-12-20)21-13-9-6-10-14-21/h5-14,18-19,23H,15-17H2,1-4H3. The largest absolute Gasteiger partial charge is 0.377 e. The van der Waals surface area contributed by atoms with Crippen LogP contribution in [0.5, 0.6) is 0 Å². The van der Waals surface area contributed by atoms with Crippen LogP contribution in [-0.4, -0.2) is 23.8 Å². The highest BCUT2D eigenvalue weighted by molar-refractivity contribution is 6.03. The summed E-state index contributed by atoms with van der Waals surface area (Å²) in [6, 6.07) is 20.3. The number of benzene rings is 2. The van der Waals surface area contributed by atoms with Crippen molar-refractivity contribution in [1.82, 2.24) is 4.90 Å². The van der Waals surface area contributed by atoms with E-state index in [4.69, 9.17) is 0 Å². The predicted molar refractivity (Wildman–Crippen MR) is 113 cm³/mol. The summed E-state index contributed by atoms with van der Waals surface area (Å²) in [5.74, 6) is 0.556. The second kappa shape index (κ2) is 8.12. The lowest BCUT2D eigenvalue weighted by atomic mass is 9.72. The number of carbonyl (C=O) groups excluding carboxylic acids is 1. The Kier molecular flexibility index (Phi) is 5.84. The van der Waals surface area contributed by atoms with Gasteiger partial charge in [0.05, 0.1) is 5.92 Å². The van der Waals surface area contributed by atoms with E-state index in [1.54, 1.807) is 0 Å². The van der Waals surface area contributed by atoms with E-state index >= 15 is 0 Å². The molecule has 1 heterocycles. The van der Waals surface area contributed by atoms with Crippen LogP contribution in [-0.2, 0) is 4.79 Å². The van der Waals surface area contributed by atoms with Gasteiger partial charge in [0.25, 0.3) is 0 Å². The molecule has 0 aliphatic carbocycles. The summed E-state index contributed by atoms with van der Waals surface area (Å²) in [5, 5.41) is 0. The van der Waals surface area contributed by atoms with Gasteiger partial charge in [0.15, 0.2) is 5.78 Å². The molecule has 2 aromatic carbocycles. The minimum Gasteiger partial charge on any atom is -0.377 e. The molecule has 0 radical (unpaired) electrons. The molecule has 0 saturated heterocycles. The van der Waals surface area contributed by atoms with Crippen LogP contribution in [0.2, 0.25) is 0 Å². The van der Waals surface area contributed by atoms with Gasteiger partial charge in [-0.2, -0.15) is 0 Å². The van der Waals surface area contributed by atoms with Crippen LogP contribution >= 0.6 is 0 Å². The number of Topliss-reactive ketones (excluding diaryl/α,β-unsaturated/α-hetero) is 1. The average molecular weight is 362 g/mol. The molecule has 0 spiro atoms. The van der Waals surface area contributed by atoms with Gasteiger partial charge in [-0.3, -0.25) is 4.79 Å². The number of hydrogen-bond donors (Lipinski definition) is 0. The Hall–Kier alpha value is -2.35. The van der Waals surface area contributed by atoms with E-state index in [0.29, 0.717) is 5.92 Å². The maximum Gasteiger partial charge on any atom is 0.172 e. The molecule has 0 atom stereocenters. The maximum atomic E-state index is 13.9. The van der Waals surface area contributed by atoms with E-state index in [2.05, 4.69) is 63.1 Å². The zero-order valence-electron chi connectivity index (χ0n) is 17.0. The van der Waals surface area contributed by atoms with Gasteiger partial charge >= 0.3 is 0 Å². The highest BCUT2D eigenvalue weighted by atomic mass is 16.1. The van der Waals surface area contributed by atoms with E-state index in [0.717, 1.165) is 36.2 Å². The van der Waals surface area contributed by atoms with Crippen molar-refractivity contribution in [3.05, 3.63) is 83.6 Å². The molecular formula is C25H31NO. The molecule has 2 nitrogen and oxygen atoms in total. The van der Waals surface area contributed by atoms with Crippen LogP contribution in [0.25, 0.3) is 0 Å². The molecule has 0 unspecified atom stereocenters. The van der Waals surface area contributed by atoms with E-state index in [9.17, 15) is 4.79 Å². The van der Waals surface area contributed by atoms with Crippen LogP contribution in [0, 0.1) is 11.3 Å². The highest BCUT2D eigenvalue weighted by Crippen LogP contribution is 2.40. The minimum absolute atomic E-state index is 0.105. The van der Waals surface area contributed by atoms with Gasteiger partial charge in [-0.1, -0.05) is 88.4 Å². The smallest absolute Gasteiger partial charge is 0.172 e. The molecule has 27 heavy (non-hydrogen) atoms. The quantitative estimate of drug-likeness (QED) is 0.662. The molecule has 1 aliphatic rings. The Labute approximate surface area is 163 Å². The zero-order valence-corrected chi connectivity index (χ0v) is 17.0. The maximum absolute atomic E-state index is 13.9. The molecule has 0 bridgehead atoms. The third kappa shape index (κ3) is 4.50. The lowest BCUT2D eigenvalue weighted by molar-refractivity contribution is -0.117. The summed E-state index contributed by atoms with van der Waals surface area (Å²) in [5.41, 5.74) is 2.97. The Morgan fingerprint density at radius 3 is 1.96 bits per heavy atom. The average Bonchev–Trinajstić information content (AvgIpc) is 2.65. The second-order valence-corrected chi connectivity index (χ2v) is 8.68. The number of hydrogen-bond acceptors (Lipinski definition) is 2. The van der Waals surface area contributed by atoms with Gasteiger partial charge in [-0.15, -0.1) is 0 Å². The first-order chi connectivity index (χ1) is 12.9. The van der Waals surface area contributed by atoms with Gasteiger partial charge in [-0.05, 0) is 28.9 Å². The van der Waals surface area contributed by atoms with Crippen molar-refractivity contribution >= 4 is 5.78 Å². The lowest BCUT2D eigenvalue weighted by Gasteiger charge is -2.39. The number of nitrogens with zero attached hydrogens (tertiary/aromatic N) is 1. The summed E-state index contributed by atoms with van der Waals surface area (Å²) >= 11 is 0. The van der Waals surface area contributed by atoms with Crippen LogP contribution in [0.15, 0.2) is 72.4 Å². The van der Waals surface area contributed by atoms with Gasteiger partial charge in [-0.25, -0.2) is 0 Å². The van der Waals surface area contributed by atoms with Crippen molar-refractivity contribution in [2.45, 2.75) is 40.0 Å². The van der Waals surface area contributed by atoms with E-state index < -0.39 is 0 Å². The van der Waals surface area contributed by atoms with Gasteiger partial charge in [0, 0.05) is 24.9 Å². The molecule has 0 saturated carbocycles. The van der Waals surface area contributed by atoms with Gasteiger partial charge in [0.2, 0.25) is 0 Å². The van der Waals surface area contributed by atoms with E-state index in [1.165, 1.54) is 0 Å². The summed E-state index contributed by atoms with van der Waals surface area (Å²) in [7, 11) is 0. The van der Waals surface area contributed by atoms with Gasteiger partial charge in [0.1, 0.15) is 0 Å². The Morgan fingerprint density at radius 2 is 1.48 bits per heavy atom. The number of ketones is 1. The highest BCUT2D eigenvalue weighted by Gasteiger charge is 2.37. The zero-order chi connectivity index (χ0) is 19.4. The number of rotatable bonds is 6. The summed E-state index contributed by atoms with van der Waals surface area (Å²) in [6.07, 6.45) is 3.15. The monoisotopic (exact) mass is 361 g/mol. The molecule has 0 aromatic heterocycles. The lowest BCUT2D eigenvalue weighted by Crippen LogP contribution is -2.37. The first-order valence-electron chi connectivity index (χ1n) is 9.99. The fourth-order valence-electron chi connectivity index (χ4n) is 3.93. The van der Waals surface area contributed by atoms with Gasteiger partial charge < -0.3 is 4.90 Å². The third-order valence-electron chi connectivity index (χ3n) is 5.46. The Bertz CT molecular complexity index is 750. The van der Waals surface area contributed by atoms with Crippen molar-refractivity contribution in [2.24, 2.45) is 11.3 Å². The first kappa shape index (κ1) is 19.4. The third-order valence-corrected chi connectivity index (χ3v) is 5.46. The molecule has 0 amide bonds. The topological polar surface area (TPSA) is 20.3 Å². The second-order valence-electron chi connectivity index (χ2n) is 8.68. The van der Waals surface area contributed by atoms with Crippen molar-refractivity contribution in [1.29, 1.82) is 0 Å². The molecule has 2 heteroatoms. The Balaban J connectivity index is 2.03. The van der Waals surface area contributed by atoms with Crippen LogP contribution in [0.1, 0.15) is 51.2 Å². The summed E-state index contributed by atoms with van der Waals surface area (Å²) in [6.45, 7) is 10.9. The SMILES string of the molecule is CC(C)CN1C=C(C(=O)C(c2ccccc2)c2ccccc2)C(C)(C)CC1. The molecule has 142 valence electrons. The van der Waals surface area contributed by atoms with Crippen molar-refractivity contribution in [2.75, 3.05) is 13.1 Å². The molecule has 2 aromatic rings. The normalized spacial score (nSPS) is 16.5. The Morgan fingerprint density at radius 1 is 0.963 bits per heavy atom. The molecule has 1 aliphatic heterocycles. The minimum atomic E-state index is -0.253. The number of carbonyl (C=O) groups is 1. The van der Waals surface area contributed by atoms with Crippen molar-refractivity contribution < 1.29 is 4.79 Å². The fourth-order valence-corrected chi connectivity index (χ4v) is 3.93. The van der Waals surface area contributed by atoms with Crippen LogP contribution in [0.4, 0.5) is 0 Å². The molecule has 0 N–H and O–H groups in total. The summed E-state index contributed by atoms with van der Waals surface area (Å²) in [4.78, 5) is 16.2. The first-order valence-corrected chi connectivity index (χ1v) is 9.99. The summed E-state index contributed by atoms with van der Waals surface area (Å²) < 4.78 is 0. The van der Waals surface area contributed by atoms with Crippen molar-refractivity contribution in [3.8, 4) is 0 Å². The van der Waals surface area contributed by atoms with E-state index in [1.807, 2.05) is 36.4 Å². The number of allylic oxidation sites excluding steroid dienone is 1. The molecule has 0 fully saturated rings. The predicted octanol–water partition coefficient (Wildman–Crippen LogP) is 5.66. The van der Waals surface area contributed by atoms with Crippen LogP contribution < -0.4 is 0 Å².